The number of nitrogens with zero attached hydrogens (tertiary/aromatic N) is 1. The van der Waals surface area contributed by atoms with Crippen molar-refractivity contribution >= 4 is 0 Å². The van der Waals surface area contributed by atoms with Crippen molar-refractivity contribution in [2.75, 3.05) is 34.6 Å². The molecule has 5 heteroatoms. The molecule has 0 unspecified atom stereocenters. The van der Waals surface area contributed by atoms with Crippen molar-refractivity contribution < 1.29 is 19.3 Å². The van der Waals surface area contributed by atoms with Crippen molar-refractivity contribution in [1.29, 1.82) is 0 Å². The summed E-state index contributed by atoms with van der Waals surface area (Å²) in [6.45, 7) is 1.20. The normalized spacial score (nSPS) is 30.3. The van der Waals surface area contributed by atoms with E-state index in [9.17, 15) is 5.11 Å². The fourth-order valence-corrected chi connectivity index (χ4v) is 3.89. The van der Waals surface area contributed by atoms with E-state index in [1.165, 1.54) is 5.56 Å². The molecule has 1 aromatic rings. The summed E-state index contributed by atoms with van der Waals surface area (Å²) in [4.78, 5) is 2.34. The minimum atomic E-state index is -0.365. The van der Waals surface area contributed by atoms with Gasteiger partial charge in [0.1, 0.15) is 0 Å². The second-order valence-corrected chi connectivity index (χ2v) is 6.37. The molecule has 126 valence electrons. The average Bonchev–Trinajstić information content (AvgIpc) is 2.90. The van der Waals surface area contributed by atoms with E-state index in [-0.39, 0.29) is 18.3 Å². The van der Waals surface area contributed by atoms with Crippen molar-refractivity contribution in [1.82, 2.24) is 4.90 Å². The van der Waals surface area contributed by atoms with E-state index in [0.29, 0.717) is 17.5 Å². The predicted octanol–water partition coefficient (Wildman–Crippen LogP) is 1.94. The summed E-state index contributed by atoms with van der Waals surface area (Å²) in [5.41, 5.74) is 1.12. The molecule has 0 saturated carbocycles. The number of hydrogen-bond donors (Lipinski definition) is 1. The van der Waals surface area contributed by atoms with Crippen molar-refractivity contribution in [2.24, 2.45) is 0 Å². The molecule has 0 aromatic heterocycles. The molecular weight excluding hydrogens is 294 g/mol. The van der Waals surface area contributed by atoms with Crippen LogP contribution in [0.3, 0.4) is 0 Å². The molecular formula is C18H25NO4. The molecule has 0 bridgehead atoms. The molecule has 1 fully saturated rings. The first-order valence-corrected chi connectivity index (χ1v) is 7.98. The maximum atomic E-state index is 10.0. The van der Waals surface area contributed by atoms with Gasteiger partial charge in [0.2, 0.25) is 0 Å². The molecule has 23 heavy (non-hydrogen) atoms. The zero-order valence-electron chi connectivity index (χ0n) is 14.0. The highest BCUT2D eigenvalue weighted by Gasteiger charge is 2.48. The zero-order valence-corrected chi connectivity index (χ0v) is 14.0. The standard InChI is InChI=1S/C18H25NO4/c1-19-9-8-18(7-6-14(20)11-17(18)19)13-4-5-15(22-3)16(10-13)23-12-21-2/h4-7,10,14,17,20H,8-9,11-12H2,1-3H3/t14-,17+,18+/m1/s1. The second-order valence-electron chi connectivity index (χ2n) is 6.37. The molecule has 1 N–H and O–H groups in total. The molecule has 3 atom stereocenters. The Morgan fingerprint density at radius 3 is 2.87 bits per heavy atom. The van der Waals surface area contributed by atoms with Crippen molar-refractivity contribution in [2.45, 2.75) is 30.4 Å². The number of fused-ring (bicyclic) bond motifs is 1. The van der Waals surface area contributed by atoms with E-state index in [0.717, 1.165) is 19.4 Å². The Morgan fingerprint density at radius 1 is 1.30 bits per heavy atom. The van der Waals surface area contributed by atoms with Crippen molar-refractivity contribution in [3.63, 3.8) is 0 Å². The lowest BCUT2D eigenvalue weighted by Gasteiger charge is -2.39. The third-order valence-corrected chi connectivity index (χ3v) is 5.12. The molecule has 0 radical (unpaired) electrons. The van der Waals surface area contributed by atoms with Crippen LogP contribution in [0.1, 0.15) is 18.4 Å². The average molecular weight is 319 g/mol. The van der Waals surface area contributed by atoms with Gasteiger partial charge in [-0.05, 0) is 44.1 Å². The van der Waals surface area contributed by atoms with E-state index in [1.807, 2.05) is 18.2 Å². The van der Waals surface area contributed by atoms with E-state index in [2.05, 4.69) is 24.1 Å². The third-order valence-electron chi connectivity index (χ3n) is 5.12. The van der Waals surface area contributed by atoms with Crippen LogP contribution in [-0.4, -0.2) is 56.8 Å². The van der Waals surface area contributed by atoms with Crippen LogP contribution < -0.4 is 9.47 Å². The summed E-state index contributed by atoms with van der Waals surface area (Å²) in [5, 5.41) is 10.0. The first-order chi connectivity index (χ1) is 11.1. The van der Waals surface area contributed by atoms with E-state index < -0.39 is 0 Å². The largest absolute Gasteiger partial charge is 0.493 e. The van der Waals surface area contributed by atoms with Gasteiger partial charge >= 0.3 is 0 Å². The third kappa shape index (κ3) is 2.84. The van der Waals surface area contributed by atoms with Crippen LogP contribution in [0.15, 0.2) is 30.4 Å². The maximum absolute atomic E-state index is 10.0. The van der Waals surface area contributed by atoms with Crippen molar-refractivity contribution in [3.8, 4) is 11.5 Å². The van der Waals surface area contributed by atoms with Gasteiger partial charge in [-0.3, -0.25) is 0 Å². The number of rotatable bonds is 5. The minimum Gasteiger partial charge on any atom is -0.493 e. The van der Waals surface area contributed by atoms with Crippen molar-refractivity contribution in [3.05, 3.63) is 35.9 Å². The quantitative estimate of drug-likeness (QED) is 0.664. The van der Waals surface area contributed by atoms with Gasteiger partial charge in [-0.15, -0.1) is 0 Å². The minimum absolute atomic E-state index is 0.0779. The predicted molar refractivity (Wildman–Crippen MR) is 88.0 cm³/mol. The first-order valence-electron chi connectivity index (χ1n) is 7.98. The van der Waals surface area contributed by atoms with Crippen LogP contribution in [-0.2, 0) is 10.2 Å². The molecule has 1 saturated heterocycles. The lowest BCUT2D eigenvalue weighted by Crippen LogP contribution is -2.44. The highest BCUT2D eigenvalue weighted by atomic mass is 16.7. The fraction of sp³-hybridized carbons (Fsp3) is 0.556. The Bertz CT molecular complexity index is 588. The smallest absolute Gasteiger partial charge is 0.188 e. The molecule has 5 nitrogen and oxygen atoms in total. The SMILES string of the molecule is COCOc1cc([C@@]23C=C[C@@H](O)C[C@@H]2N(C)CC3)ccc1OC. The van der Waals surface area contributed by atoms with Crippen LogP contribution >= 0.6 is 0 Å². The van der Waals surface area contributed by atoms with E-state index in [4.69, 9.17) is 14.2 Å². The summed E-state index contributed by atoms with van der Waals surface area (Å²) < 4.78 is 16.1. The molecule has 3 rings (SSSR count). The number of aliphatic hydroxyl groups excluding tert-OH is 1. The number of likely N-dealkylation sites (N-methyl/N-ethyl adjacent to an activating group) is 1. The van der Waals surface area contributed by atoms with Gasteiger partial charge < -0.3 is 24.2 Å². The monoisotopic (exact) mass is 319 g/mol. The van der Waals surface area contributed by atoms with Crippen LogP contribution in [0.25, 0.3) is 0 Å². The highest BCUT2D eigenvalue weighted by molar-refractivity contribution is 5.48. The van der Waals surface area contributed by atoms with Gasteiger partial charge in [-0.25, -0.2) is 0 Å². The first kappa shape index (κ1) is 16.3. The molecule has 0 spiro atoms. The Labute approximate surface area is 137 Å². The van der Waals surface area contributed by atoms with Crippen LogP contribution in [0.5, 0.6) is 11.5 Å². The maximum Gasteiger partial charge on any atom is 0.188 e. The van der Waals surface area contributed by atoms with E-state index >= 15 is 0 Å². The van der Waals surface area contributed by atoms with Gasteiger partial charge in [0.25, 0.3) is 0 Å². The molecule has 2 aliphatic rings. The number of ether oxygens (including phenoxy) is 3. The lowest BCUT2D eigenvalue weighted by atomic mass is 9.69. The molecule has 1 aliphatic heterocycles. The summed E-state index contributed by atoms with van der Waals surface area (Å²) >= 11 is 0. The van der Waals surface area contributed by atoms with Gasteiger partial charge in [-0.2, -0.15) is 0 Å². The summed E-state index contributed by atoms with van der Waals surface area (Å²) in [6, 6.07) is 6.40. The Morgan fingerprint density at radius 2 is 2.13 bits per heavy atom. The summed E-state index contributed by atoms with van der Waals surface area (Å²) in [6.07, 6.45) is 5.53. The van der Waals surface area contributed by atoms with Crippen LogP contribution in [0, 0.1) is 0 Å². The fourth-order valence-electron chi connectivity index (χ4n) is 3.89. The number of hydrogen-bond acceptors (Lipinski definition) is 5. The van der Waals surface area contributed by atoms with Gasteiger partial charge in [0.05, 0.1) is 13.2 Å². The Balaban J connectivity index is 2.01. The van der Waals surface area contributed by atoms with Gasteiger partial charge in [0.15, 0.2) is 18.3 Å². The molecule has 1 aromatic carbocycles. The van der Waals surface area contributed by atoms with Crippen LogP contribution in [0.2, 0.25) is 0 Å². The molecule has 1 heterocycles. The number of methoxy groups -OCH3 is 2. The van der Waals surface area contributed by atoms with E-state index in [1.54, 1.807) is 14.2 Å². The topological polar surface area (TPSA) is 51.2 Å². The van der Waals surface area contributed by atoms with Gasteiger partial charge in [0, 0.05) is 18.6 Å². The lowest BCUT2D eigenvalue weighted by molar-refractivity contribution is 0.0490. The summed E-state index contributed by atoms with van der Waals surface area (Å²) in [7, 11) is 5.36. The Kier molecular flexibility index (Phi) is 4.62. The number of likely N-dealkylation sites (tertiary alicyclic amines) is 1. The molecule has 1 aliphatic carbocycles. The zero-order chi connectivity index (χ0) is 16.4. The molecule has 0 amide bonds. The number of benzene rings is 1. The number of aliphatic hydroxyl groups is 1. The second kappa shape index (κ2) is 6.51. The highest BCUT2D eigenvalue weighted by Crippen LogP contribution is 2.47. The van der Waals surface area contributed by atoms with Gasteiger partial charge in [-0.1, -0.05) is 18.2 Å². The van der Waals surface area contributed by atoms with Crippen LogP contribution in [0.4, 0.5) is 0 Å². The Hall–Kier alpha value is -1.56. The summed E-state index contributed by atoms with van der Waals surface area (Å²) in [5.74, 6) is 1.39.